The summed E-state index contributed by atoms with van der Waals surface area (Å²) in [6.45, 7) is 0.669. The molecule has 0 radical (unpaired) electrons. The minimum Gasteiger partial charge on any atom is -0.211 e. The number of isocyanates is 1. The topological polar surface area (TPSA) is 29.4 Å². The van der Waals surface area contributed by atoms with Crippen LogP contribution in [0.4, 0.5) is 0 Å². The average Bonchev–Trinajstić information content (AvgIpc) is 2.93. The van der Waals surface area contributed by atoms with Crippen molar-refractivity contribution in [1.29, 1.82) is 0 Å². The lowest BCUT2D eigenvalue weighted by atomic mass is 10.0. The highest BCUT2D eigenvalue weighted by atomic mass is 32.1. The van der Waals surface area contributed by atoms with Crippen LogP contribution in [0, 0.1) is 0 Å². The van der Waals surface area contributed by atoms with Crippen LogP contribution in [0.2, 0.25) is 0 Å². The number of aliphatic imine (C=N–C) groups is 1. The molecule has 0 unspecified atom stereocenters. The van der Waals surface area contributed by atoms with Crippen LogP contribution < -0.4 is 0 Å². The molecule has 0 aromatic rings. The zero-order valence-corrected chi connectivity index (χ0v) is 26.7. The van der Waals surface area contributed by atoms with Gasteiger partial charge in [-0.2, -0.15) is 12.6 Å². The van der Waals surface area contributed by atoms with Crippen molar-refractivity contribution in [3.63, 3.8) is 0 Å². The second-order valence-electron chi connectivity index (χ2n) is 12.0. The number of rotatable bonds is 34. The van der Waals surface area contributed by atoms with Gasteiger partial charge in [0.1, 0.15) is 0 Å². The highest BCUT2D eigenvalue weighted by Crippen LogP contribution is 2.16. The maximum Gasteiger partial charge on any atom is 0.234 e. The summed E-state index contributed by atoms with van der Waals surface area (Å²) in [6, 6.07) is 0. The summed E-state index contributed by atoms with van der Waals surface area (Å²) < 4.78 is 0. The fourth-order valence-corrected chi connectivity index (χ4v) is 5.88. The summed E-state index contributed by atoms with van der Waals surface area (Å²) in [4.78, 5) is 13.6. The number of thiol groups is 1. The average molecular weight is 552 g/mol. The Balaban J connectivity index is 3.02. The Morgan fingerprint density at radius 1 is 0.316 bits per heavy atom. The molecule has 0 saturated carbocycles. The molecule has 0 heterocycles. The van der Waals surface area contributed by atoms with Crippen molar-refractivity contribution in [2.75, 3.05) is 12.3 Å². The molecule has 0 aliphatic rings. The molecule has 0 N–H and O–H groups in total. The predicted octanol–water partition coefficient (Wildman–Crippen LogP) is 12.7. The zero-order chi connectivity index (χ0) is 27.5. The van der Waals surface area contributed by atoms with Gasteiger partial charge in [0.15, 0.2) is 0 Å². The summed E-state index contributed by atoms with van der Waals surface area (Å²) >= 11 is 4.28. The van der Waals surface area contributed by atoms with E-state index >= 15 is 0 Å². The third-order valence-electron chi connectivity index (χ3n) is 8.24. The second kappa shape index (κ2) is 36.7. The van der Waals surface area contributed by atoms with Crippen molar-refractivity contribution in [2.24, 2.45) is 4.99 Å². The molecule has 0 aliphatic carbocycles. The van der Waals surface area contributed by atoms with Crippen LogP contribution in [-0.4, -0.2) is 18.4 Å². The van der Waals surface area contributed by atoms with E-state index in [2.05, 4.69) is 17.6 Å². The molecule has 0 aliphatic heterocycles. The number of hydrogen-bond acceptors (Lipinski definition) is 3. The van der Waals surface area contributed by atoms with E-state index in [1.54, 1.807) is 6.08 Å². The van der Waals surface area contributed by atoms with Gasteiger partial charge < -0.3 is 0 Å². The summed E-state index contributed by atoms with van der Waals surface area (Å²) in [5.74, 6) is 1.06. The van der Waals surface area contributed by atoms with Crippen LogP contribution in [0.1, 0.15) is 205 Å². The first-order chi connectivity index (χ1) is 18.9. The summed E-state index contributed by atoms with van der Waals surface area (Å²) in [6.07, 6.45) is 47.1. The molecular weight excluding hydrogens is 482 g/mol. The number of unbranched alkanes of at least 4 members (excludes halogenated alkanes) is 31. The van der Waals surface area contributed by atoms with E-state index < -0.39 is 0 Å². The van der Waals surface area contributed by atoms with Crippen molar-refractivity contribution < 1.29 is 4.79 Å². The Bertz CT molecular complexity index is 463. The first-order valence-electron chi connectivity index (χ1n) is 17.6. The highest BCUT2D eigenvalue weighted by Gasteiger charge is 1.97. The van der Waals surface area contributed by atoms with Crippen molar-refractivity contribution in [1.82, 2.24) is 0 Å². The second-order valence-corrected chi connectivity index (χ2v) is 12.5. The first-order valence-corrected chi connectivity index (χ1v) is 18.2. The first kappa shape index (κ1) is 37.7. The molecule has 0 rings (SSSR count). The van der Waals surface area contributed by atoms with Crippen LogP contribution in [0.15, 0.2) is 4.99 Å². The lowest BCUT2D eigenvalue weighted by Crippen LogP contribution is -1.85. The zero-order valence-electron chi connectivity index (χ0n) is 25.8. The van der Waals surface area contributed by atoms with Crippen LogP contribution in [0.25, 0.3) is 0 Å². The van der Waals surface area contributed by atoms with Crippen molar-refractivity contribution in [2.45, 2.75) is 205 Å². The van der Waals surface area contributed by atoms with Gasteiger partial charge in [0.05, 0.1) is 6.54 Å². The molecular formula is C35H69NOS. The van der Waals surface area contributed by atoms with Gasteiger partial charge in [-0.1, -0.05) is 193 Å². The van der Waals surface area contributed by atoms with Gasteiger partial charge in [-0.3, -0.25) is 0 Å². The van der Waals surface area contributed by atoms with E-state index in [-0.39, 0.29) is 0 Å². The third kappa shape index (κ3) is 35.7. The molecule has 0 amide bonds. The van der Waals surface area contributed by atoms with E-state index in [1.165, 1.54) is 199 Å². The molecule has 0 atom stereocenters. The minimum atomic E-state index is 0.669. The lowest BCUT2D eigenvalue weighted by molar-refractivity contribution is 0.512. The van der Waals surface area contributed by atoms with Crippen molar-refractivity contribution in [3.8, 4) is 0 Å². The Kier molecular flexibility index (Phi) is 36.5. The highest BCUT2D eigenvalue weighted by molar-refractivity contribution is 7.80. The van der Waals surface area contributed by atoms with Gasteiger partial charge in [0.2, 0.25) is 6.08 Å². The fraction of sp³-hybridized carbons (Fsp3) is 0.971. The molecule has 0 spiro atoms. The Morgan fingerprint density at radius 2 is 0.500 bits per heavy atom. The maximum atomic E-state index is 9.99. The molecule has 226 valence electrons. The van der Waals surface area contributed by atoms with E-state index in [0.29, 0.717) is 6.54 Å². The Morgan fingerprint density at radius 3 is 0.684 bits per heavy atom. The van der Waals surface area contributed by atoms with Gasteiger partial charge in [0.25, 0.3) is 0 Å². The maximum absolute atomic E-state index is 9.99. The molecule has 0 fully saturated rings. The molecule has 38 heavy (non-hydrogen) atoms. The fourth-order valence-electron chi connectivity index (χ4n) is 5.65. The van der Waals surface area contributed by atoms with Crippen LogP contribution in [-0.2, 0) is 4.79 Å². The Hall–Kier alpha value is -0.270. The van der Waals surface area contributed by atoms with Crippen molar-refractivity contribution >= 4 is 18.7 Å². The van der Waals surface area contributed by atoms with E-state index in [4.69, 9.17) is 0 Å². The van der Waals surface area contributed by atoms with Crippen LogP contribution in [0.5, 0.6) is 0 Å². The largest absolute Gasteiger partial charge is 0.234 e. The number of hydrogen-bond donors (Lipinski definition) is 1. The van der Waals surface area contributed by atoms with E-state index in [1.807, 2.05) is 0 Å². The molecule has 3 heteroatoms. The lowest BCUT2D eigenvalue weighted by Gasteiger charge is -2.05. The van der Waals surface area contributed by atoms with Crippen molar-refractivity contribution in [3.05, 3.63) is 0 Å². The molecule has 2 nitrogen and oxygen atoms in total. The quantitative estimate of drug-likeness (QED) is 0.0366. The smallest absolute Gasteiger partial charge is 0.211 e. The Labute approximate surface area is 245 Å². The summed E-state index contributed by atoms with van der Waals surface area (Å²) in [5.41, 5.74) is 0. The molecule has 0 bridgehead atoms. The number of carbonyl (C=O) groups excluding carboxylic acids is 1. The van der Waals surface area contributed by atoms with Gasteiger partial charge in [0, 0.05) is 0 Å². The molecule has 0 aromatic heterocycles. The van der Waals surface area contributed by atoms with Gasteiger partial charge in [-0.05, 0) is 18.6 Å². The van der Waals surface area contributed by atoms with E-state index in [9.17, 15) is 4.79 Å². The van der Waals surface area contributed by atoms with Gasteiger partial charge in [-0.15, -0.1) is 0 Å². The summed E-state index contributed by atoms with van der Waals surface area (Å²) in [7, 11) is 0. The molecule has 0 saturated heterocycles. The monoisotopic (exact) mass is 552 g/mol. The SMILES string of the molecule is O=C=NCCCCCCCCCCCCCCCCCCCCCCCCCCCCCCCCCCS. The molecule has 0 aromatic carbocycles. The third-order valence-corrected chi connectivity index (χ3v) is 8.56. The van der Waals surface area contributed by atoms with Gasteiger partial charge in [-0.25, -0.2) is 9.79 Å². The number of nitrogens with zero attached hydrogens (tertiary/aromatic N) is 1. The van der Waals surface area contributed by atoms with Crippen LogP contribution >= 0.6 is 12.6 Å². The predicted molar refractivity (Wildman–Crippen MR) is 175 cm³/mol. The van der Waals surface area contributed by atoms with Gasteiger partial charge >= 0.3 is 0 Å². The summed E-state index contributed by atoms with van der Waals surface area (Å²) in [5, 5.41) is 0. The minimum absolute atomic E-state index is 0.669. The van der Waals surface area contributed by atoms with Crippen LogP contribution in [0.3, 0.4) is 0 Å². The standard InChI is InChI=1S/C35H69NOS/c37-35-36-33-31-29-27-25-23-21-19-17-15-13-11-9-7-5-3-1-2-4-6-8-10-12-14-16-18-20-22-24-26-28-30-32-34-38/h38H,1-34H2. The van der Waals surface area contributed by atoms with E-state index in [0.717, 1.165) is 12.2 Å². The normalized spacial score (nSPS) is 11.2.